The van der Waals surface area contributed by atoms with Crippen LogP contribution >= 0.6 is 0 Å². The quantitative estimate of drug-likeness (QED) is 0.473. The molecule has 0 saturated heterocycles. The summed E-state index contributed by atoms with van der Waals surface area (Å²) in [5.41, 5.74) is 0. The van der Waals surface area contributed by atoms with Crippen LogP contribution in [0.1, 0.15) is 0 Å². The molecule has 0 atom stereocenters. The van der Waals surface area contributed by atoms with Gasteiger partial charge in [0.2, 0.25) is 0 Å². The molecule has 0 radical (unpaired) electrons. The predicted molar refractivity (Wildman–Crippen MR) is 91.2 cm³/mol. The van der Waals surface area contributed by atoms with Crippen LogP contribution in [0.4, 0.5) is 0 Å². The van der Waals surface area contributed by atoms with Crippen LogP contribution in [0.5, 0.6) is 11.5 Å². The second-order valence-corrected chi connectivity index (χ2v) is 5.03. The highest BCUT2D eigenvalue weighted by molar-refractivity contribution is 5.89. The van der Waals surface area contributed by atoms with Gasteiger partial charge in [-0.05, 0) is 34.4 Å². The van der Waals surface area contributed by atoms with E-state index >= 15 is 0 Å². The highest BCUT2D eigenvalue weighted by Gasteiger charge is 1.98. The van der Waals surface area contributed by atoms with Gasteiger partial charge in [-0.1, -0.05) is 66.7 Å². The summed E-state index contributed by atoms with van der Waals surface area (Å²) >= 11 is 0. The van der Waals surface area contributed by atoms with E-state index in [9.17, 15) is 5.11 Å². The van der Waals surface area contributed by atoms with Crippen molar-refractivity contribution < 1.29 is 10.2 Å². The monoisotopic (exact) mass is 288 g/mol. The van der Waals surface area contributed by atoms with Gasteiger partial charge in [0.05, 0.1) is 0 Å². The lowest BCUT2D eigenvalue weighted by Gasteiger charge is -2.00. The second-order valence-electron chi connectivity index (χ2n) is 5.03. The molecule has 0 aliphatic rings. The second kappa shape index (κ2) is 6.19. The maximum atomic E-state index is 9.38. The van der Waals surface area contributed by atoms with Crippen LogP contribution in [0.15, 0.2) is 84.9 Å². The molecule has 4 aromatic carbocycles. The zero-order chi connectivity index (χ0) is 15.4. The largest absolute Gasteiger partial charge is 0.508 e. The minimum absolute atomic E-state index is 0.170. The number of benzene rings is 4. The number of hydrogen-bond donors (Lipinski definition) is 2. The number of aromatic hydroxyl groups is 2. The van der Waals surface area contributed by atoms with Crippen molar-refractivity contribution in [3.05, 3.63) is 84.9 Å². The third-order valence-corrected chi connectivity index (χ3v) is 3.50. The molecule has 0 fully saturated rings. The molecule has 0 saturated carbocycles. The molecule has 0 bridgehead atoms. The van der Waals surface area contributed by atoms with Gasteiger partial charge in [0.25, 0.3) is 0 Å². The number of fused-ring (bicyclic) bond motifs is 2. The molecular formula is C20H16O2. The Morgan fingerprint density at radius 3 is 1.64 bits per heavy atom. The van der Waals surface area contributed by atoms with E-state index in [1.807, 2.05) is 6.07 Å². The Kier molecular flexibility index (Phi) is 3.92. The average Bonchev–Trinajstić information content (AvgIpc) is 2.56. The predicted octanol–water partition coefficient (Wildman–Crippen LogP) is 5.09. The normalized spacial score (nSPS) is 10.2. The van der Waals surface area contributed by atoms with Crippen molar-refractivity contribution in [2.24, 2.45) is 0 Å². The molecule has 4 aromatic rings. The van der Waals surface area contributed by atoms with Crippen LogP contribution in [0, 0.1) is 0 Å². The zero-order valence-electron chi connectivity index (χ0n) is 12.0. The molecule has 22 heavy (non-hydrogen) atoms. The lowest BCUT2D eigenvalue weighted by atomic mass is 10.1. The van der Waals surface area contributed by atoms with Crippen molar-refractivity contribution in [2.45, 2.75) is 0 Å². The molecule has 2 nitrogen and oxygen atoms in total. The lowest BCUT2D eigenvalue weighted by molar-refractivity contribution is 0.471. The lowest BCUT2D eigenvalue weighted by Crippen LogP contribution is -1.72. The molecular weight excluding hydrogens is 272 g/mol. The molecule has 0 aliphatic carbocycles. The Labute approximate surface area is 128 Å². The van der Waals surface area contributed by atoms with Crippen LogP contribution in [0.3, 0.4) is 0 Å². The molecule has 2 heteroatoms. The fourth-order valence-corrected chi connectivity index (χ4v) is 2.38. The molecule has 0 unspecified atom stereocenters. The fraction of sp³-hybridized carbons (Fsp3) is 0. The van der Waals surface area contributed by atoms with Crippen molar-refractivity contribution in [3.8, 4) is 11.5 Å². The first-order valence-electron chi connectivity index (χ1n) is 7.08. The molecule has 2 N–H and O–H groups in total. The first-order chi connectivity index (χ1) is 10.7. The van der Waals surface area contributed by atoms with E-state index in [0.717, 1.165) is 5.39 Å². The van der Waals surface area contributed by atoms with Crippen molar-refractivity contribution in [1.82, 2.24) is 0 Å². The number of phenolic OH excluding ortho intramolecular Hbond substituents is 2. The van der Waals surface area contributed by atoms with E-state index in [-0.39, 0.29) is 11.5 Å². The molecule has 108 valence electrons. The van der Waals surface area contributed by atoms with Gasteiger partial charge in [-0.2, -0.15) is 0 Å². The average molecular weight is 288 g/mol. The van der Waals surface area contributed by atoms with Crippen LogP contribution < -0.4 is 0 Å². The Morgan fingerprint density at radius 2 is 1.05 bits per heavy atom. The first-order valence-corrected chi connectivity index (χ1v) is 7.08. The van der Waals surface area contributed by atoms with E-state index in [0.29, 0.717) is 5.39 Å². The third-order valence-electron chi connectivity index (χ3n) is 3.50. The number of hydrogen-bond acceptors (Lipinski definition) is 2. The molecule has 0 amide bonds. The van der Waals surface area contributed by atoms with Gasteiger partial charge < -0.3 is 10.2 Å². The van der Waals surface area contributed by atoms with Crippen LogP contribution in [0.25, 0.3) is 21.5 Å². The van der Waals surface area contributed by atoms with Crippen molar-refractivity contribution in [2.75, 3.05) is 0 Å². The van der Waals surface area contributed by atoms with E-state index in [1.165, 1.54) is 10.8 Å². The van der Waals surface area contributed by atoms with Crippen molar-refractivity contribution in [3.63, 3.8) is 0 Å². The Morgan fingerprint density at radius 1 is 0.500 bits per heavy atom. The summed E-state index contributed by atoms with van der Waals surface area (Å²) in [5.74, 6) is 0.368. The Hall–Kier alpha value is -3.00. The zero-order valence-corrected chi connectivity index (χ0v) is 12.0. The van der Waals surface area contributed by atoms with Gasteiger partial charge in [-0.15, -0.1) is 0 Å². The molecule has 0 spiro atoms. The topological polar surface area (TPSA) is 40.5 Å². The van der Waals surface area contributed by atoms with Gasteiger partial charge in [0.15, 0.2) is 0 Å². The first kappa shape index (κ1) is 14.0. The number of rotatable bonds is 0. The van der Waals surface area contributed by atoms with Crippen LogP contribution in [-0.2, 0) is 0 Å². The standard InChI is InChI=1S/C10H8O2.C10H8/c11-8-5-4-7-2-1-3-10(12)9(7)6-8;1-2-6-10-8-4-3-7-9(10)5-1/h1-6,11-12H;1-8H. The van der Waals surface area contributed by atoms with Crippen molar-refractivity contribution >= 4 is 21.5 Å². The molecule has 0 heterocycles. The maximum Gasteiger partial charge on any atom is 0.123 e. The van der Waals surface area contributed by atoms with Gasteiger partial charge in [-0.25, -0.2) is 0 Å². The van der Waals surface area contributed by atoms with Gasteiger partial charge >= 0.3 is 0 Å². The summed E-state index contributed by atoms with van der Waals surface area (Å²) in [6, 6.07) is 26.9. The summed E-state index contributed by atoms with van der Waals surface area (Å²) in [6.45, 7) is 0. The highest BCUT2D eigenvalue weighted by atomic mass is 16.3. The smallest absolute Gasteiger partial charge is 0.123 e. The molecule has 4 rings (SSSR count). The van der Waals surface area contributed by atoms with Gasteiger partial charge in [0, 0.05) is 5.39 Å². The van der Waals surface area contributed by atoms with Gasteiger partial charge in [0.1, 0.15) is 11.5 Å². The fourth-order valence-electron chi connectivity index (χ4n) is 2.38. The summed E-state index contributed by atoms with van der Waals surface area (Å²) in [7, 11) is 0. The third kappa shape index (κ3) is 3.01. The van der Waals surface area contributed by atoms with E-state index in [4.69, 9.17) is 5.11 Å². The Bertz CT molecular complexity index is 848. The highest BCUT2D eigenvalue weighted by Crippen LogP contribution is 2.27. The van der Waals surface area contributed by atoms with Crippen LogP contribution in [0.2, 0.25) is 0 Å². The van der Waals surface area contributed by atoms with Gasteiger partial charge in [-0.3, -0.25) is 0 Å². The van der Waals surface area contributed by atoms with Crippen molar-refractivity contribution in [1.29, 1.82) is 0 Å². The molecule has 0 aliphatic heterocycles. The maximum absolute atomic E-state index is 9.38. The summed E-state index contributed by atoms with van der Waals surface area (Å²) in [5, 5.41) is 22.8. The van der Waals surface area contributed by atoms with E-state index in [2.05, 4.69) is 48.5 Å². The van der Waals surface area contributed by atoms with E-state index in [1.54, 1.807) is 30.3 Å². The summed E-state index contributed by atoms with van der Waals surface area (Å²) < 4.78 is 0. The van der Waals surface area contributed by atoms with Crippen LogP contribution in [-0.4, -0.2) is 10.2 Å². The summed E-state index contributed by atoms with van der Waals surface area (Å²) in [4.78, 5) is 0. The minimum atomic E-state index is 0.170. The number of phenols is 2. The summed E-state index contributed by atoms with van der Waals surface area (Å²) in [6.07, 6.45) is 0. The Balaban J connectivity index is 0.000000133. The molecule has 0 aromatic heterocycles. The SMILES string of the molecule is Oc1ccc2cccc(O)c2c1.c1ccc2ccccc2c1. The van der Waals surface area contributed by atoms with E-state index < -0.39 is 0 Å². The minimum Gasteiger partial charge on any atom is -0.508 e.